The molecule has 1 aliphatic heterocycles. The first-order chi connectivity index (χ1) is 11.7. The molecule has 0 saturated carbocycles. The Kier molecular flexibility index (Phi) is 3.69. The highest BCUT2D eigenvalue weighted by Crippen LogP contribution is 2.31. The molecule has 1 aliphatic rings. The third kappa shape index (κ3) is 2.52. The molecule has 0 radical (unpaired) electrons. The Morgan fingerprint density at radius 1 is 0.917 bits per heavy atom. The van der Waals surface area contributed by atoms with E-state index in [0.717, 1.165) is 59.8 Å². The Morgan fingerprint density at radius 3 is 2.46 bits per heavy atom. The maximum absolute atomic E-state index is 6.19. The zero-order valence-corrected chi connectivity index (χ0v) is 13.8. The van der Waals surface area contributed by atoms with E-state index in [1.54, 1.807) is 0 Å². The number of hydrogen-bond donors (Lipinski definition) is 1. The molecule has 4 rings (SSSR count). The highest BCUT2D eigenvalue weighted by molar-refractivity contribution is 6.01. The number of anilines is 3. The van der Waals surface area contributed by atoms with Gasteiger partial charge in [0.25, 0.3) is 0 Å². The van der Waals surface area contributed by atoms with Gasteiger partial charge in [0.05, 0.1) is 0 Å². The standard InChI is InChI=1S/C19H21N5/c1-14-13-22-19(15-5-4-6-16(20)18(14)15)24-11-9-23(10-12-24)17-7-2-3-8-21-17/h2-8,13H,9-12,20H2,1H3. The molecule has 0 atom stereocenters. The smallest absolute Gasteiger partial charge is 0.136 e. The van der Waals surface area contributed by atoms with E-state index < -0.39 is 0 Å². The van der Waals surface area contributed by atoms with Crippen LogP contribution in [0.1, 0.15) is 5.56 Å². The molecule has 0 bridgehead atoms. The number of hydrogen-bond acceptors (Lipinski definition) is 5. The summed E-state index contributed by atoms with van der Waals surface area (Å²) in [6, 6.07) is 12.1. The predicted octanol–water partition coefficient (Wildman–Crippen LogP) is 2.85. The minimum Gasteiger partial charge on any atom is -0.398 e. The van der Waals surface area contributed by atoms with Crippen molar-refractivity contribution >= 4 is 28.1 Å². The van der Waals surface area contributed by atoms with Gasteiger partial charge in [-0.3, -0.25) is 0 Å². The fourth-order valence-electron chi connectivity index (χ4n) is 3.43. The quantitative estimate of drug-likeness (QED) is 0.736. The molecule has 1 fully saturated rings. The van der Waals surface area contributed by atoms with E-state index in [9.17, 15) is 0 Å². The maximum Gasteiger partial charge on any atom is 0.136 e. The molecule has 3 aromatic rings. The molecule has 5 nitrogen and oxygen atoms in total. The molecule has 2 aromatic heterocycles. The van der Waals surface area contributed by atoms with E-state index >= 15 is 0 Å². The summed E-state index contributed by atoms with van der Waals surface area (Å²) in [7, 11) is 0. The Bertz CT molecular complexity index is 846. The van der Waals surface area contributed by atoms with Crippen molar-refractivity contribution in [1.82, 2.24) is 9.97 Å². The van der Waals surface area contributed by atoms with E-state index in [2.05, 4.69) is 33.8 Å². The van der Waals surface area contributed by atoms with Crippen molar-refractivity contribution in [1.29, 1.82) is 0 Å². The number of aromatic nitrogens is 2. The lowest BCUT2D eigenvalue weighted by Gasteiger charge is -2.36. The van der Waals surface area contributed by atoms with Crippen LogP contribution >= 0.6 is 0 Å². The van der Waals surface area contributed by atoms with Gasteiger partial charge in [-0.1, -0.05) is 18.2 Å². The number of benzene rings is 1. The summed E-state index contributed by atoms with van der Waals surface area (Å²) in [6.45, 7) is 5.80. The molecule has 2 N–H and O–H groups in total. The highest BCUT2D eigenvalue weighted by atomic mass is 15.3. The monoisotopic (exact) mass is 319 g/mol. The van der Waals surface area contributed by atoms with Gasteiger partial charge in [0.15, 0.2) is 0 Å². The van der Waals surface area contributed by atoms with Crippen LogP contribution in [0.2, 0.25) is 0 Å². The minimum absolute atomic E-state index is 0.820. The van der Waals surface area contributed by atoms with Gasteiger partial charge in [0, 0.05) is 55.0 Å². The summed E-state index contributed by atoms with van der Waals surface area (Å²) in [6.07, 6.45) is 3.78. The predicted molar refractivity (Wildman–Crippen MR) is 99.6 cm³/mol. The van der Waals surface area contributed by atoms with Crippen molar-refractivity contribution in [2.75, 3.05) is 41.7 Å². The third-order valence-electron chi connectivity index (χ3n) is 4.66. The molecule has 0 unspecified atom stereocenters. The molecular weight excluding hydrogens is 298 g/mol. The van der Waals surface area contributed by atoms with Crippen molar-refractivity contribution in [2.45, 2.75) is 6.92 Å². The average Bonchev–Trinajstić information content (AvgIpc) is 2.63. The lowest BCUT2D eigenvalue weighted by molar-refractivity contribution is 0.643. The Morgan fingerprint density at radius 2 is 1.71 bits per heavy atom. The Balaban J connectivity index is 1.62. The van der Waals surface area contributed by atoms with Crippen LogP contribution in [0, 0.1) is 6.92 Å². The van der Waals surface area contributed by atoms with Gasteiger partial charge >= 0.3 is 0 Å². The summed E-state index contributed by atoms with van der Waals surface area (Å²) >= 11 is 0. The topological polar surface area (TPSA) is 58.3 Å². The van der Waals surface area contributed by atoms with Crippen LogP contribution in [0.4, 0.5) is 17.3 Å². The van der Waals surface area contributed by atoms with Crippen molar-refractivity contribution < 1.29 is 0 Å². The average molecular weight is 319 g/mol. The van der Waals surface area contributed by atoms with E-state index in [1.807, 2.05) is 36.7 Å². The second-order valence-electron chi connectivity index (χ2n) is 6.20. The fraction of sp³-hybridized carbons (Fsp3) is 0.263. The van der Waals surface area contributed by atoms with Crippen LogP contribution in [0.5, 0.6) is 0 Å². The third-order valence-corrected chi connectivity index (χ3v) is 4.66. The zero-order chi connectivity index (χ0) is 16.5. The number of nitrogens with two attached hydrogens (primary N) is 1. The number of fused-ring (bicyclic) bond motifs is 1. The van der Waals surface area contributed by atoms with Gasteiger partial charge in [-0.2, -0.15) is 0 Å². The van der Waals surface area contributed by atoms with E-state index in [-0.39, 0.29) is 0 Å². The van der Waals surface area contributed by atoms with Crippen molar-refractivity contribution in [3.63, 3.8) is 0 Å². The van der Waals surface area contributed by atoms with Gasteiger partial charge in [0.2, 0.25) is 0 Å². The molecule has 5 heteroatoms. The van der Waals surface area contributed by atoms with Crippen molar-refractivity contribution in [3.05, 3.63) is 54.4 Å². The van der Waals surface area contributed by atoms with E-state index in [4.69, 9.17) is 10.7 Å². The molecule has 122 valence electrons. The molecule has 3 heterocycles. The highest BCUT2D eigenvalue weighted by Gasteiger charge is 2.21. The summed E-state index contributed by atoms with van der Waals surface area (Å²) in [5.41, 5.74) is 8.13. The van der Waals surface area contributed by atoms with Crippen LogP contribution in [-0.4, -0.2) is 36.1 Å². The largest absolute Gasteiger partial charge is 0.398 e. The van der Waals surface area contributed by atoms with Gasteiger partial charge in [-0.05, 0) is 30.7 Å². The number of pyridine rings is 2. The molecule has 24 heavy (non-hydrogen) atoms. The SMILES string of the molecule is Cc1cnc(N2CCN(c3ccccn3)CC2)c2cccc(N)c12. The zero-order valence-electron chi connectivity index (χ0n) is 13.8. The van der Waals surface area contributed by atoms with Crippen LogP contribution < -0.4 is 15.5 Å². The van der Waals surface area contributed by atoms with Gasteiger partial charge in [-0.15, -0.1) is 0 Å². The lowest BCUT2D eigenvalue weighted by Crippen LogP contribution is -2.47. The Labute approximate surface area is 141 Å². The van der Waals surface area contributed by atoms with Gasteiger partial charge in [-0.25, -0.2) is 9.97 Å². The van der Waals surface area contributed by atoms with Crippen LogP contribution in [0.15, 0.2) is 48.8 Å². The van der Waals surface area contributed by atoms with Crippen molar-refractivity contribution in [3.8, 4) is 0 Å². The second-order valence-corrected chi connectivity index (χ2v) is 6.20. The maximum atomic E-state index is 6.19. The summed E-state index contributed by atoms with van der Waals surface area (Å²) in [4.78, 5) is 13.8. The lowest BCUT2D eigenvalue weighted by atomic mass is 10.1. The normalized spacial score (nSPS) is 15.0. The van der Waals surface area contributed by atoms with Crippen LogP contribution in [0.25, 0.3) is 10.8 Å². The Hall–Kier alpha value is -2.82. The first-order valence-corrected chi connectivity index (χ1v) is 8.29. The number of nitrogen functional groups attached to an aromatic ring is 1. The summed E-state index contributed by atoms with van der Waals surface area (Å²) in [5.74, 6) is 2.08. The van der Waals surface area contributed by atoms with Crippen molar-refractivity contribution in [2.24, 2.45) is 0 Å². The van der Waals surface area contributed by atoms with E-state index in [0.29, 0.717) is 0 Å². The van der Waals surface area contributed by atoms with Crippen LogP contribution in [0.3, 0.4) is 0 Å². The van der Waals surface area contributed by atoms with Gasteiger partial charge in [0.1, 0.15) is 11.6 Å². The number of rotatable bonds is 2. The van der Waals surface area contributed by atoms with Gasteiger partial charge < -0.3 is 15.5 Å². The number of aryl methyl sites for hydroxylation is 1. The van der Waals surface area contributed by atoms with Crippen LogP contribution in [-0.2, 0) is 0 Å². The first kappa shape index (κ1) is 14.8. The number of piperazine rings is 1. The molecule has 0 aliphatic carbocycles. The molecule has 0 amide bonds. The minimum atomic E-state index is 0.820. The molecule has 1 saturated heterocycles. The molecular formula is C19H21N5. The summed E-state index contributed by atoms with van der Waals surface area (Å²) in [5, 5.41) is 2.26. The molecule has 1 aromatic carbocycles. The fourth-order valence-corrected chi connectivity index (χ4v) is 3.43. The molecule has 0 spiro atoms. The number of nitrogens with zero attached hydrogens (tertiary/aromatic N) is 4. The second kappa shape index (κ2) is 6.00. The summed E-state index contributed by atoms with van der Waals surface area (Å²) < 4.78 is 0. The van der Waals surface area contributed by atoms with E-state index in [1.165, 1.54) is 0 Å². The first-order valence-electron chi connectivity index (χ1n) is 8.29.